The first-order chi connectivity index (χ1) is 5.22. The van der Waals surface area contributed by atoms with Crippen molar-refractivity contribution in [2.45, 2.75) is 39.7 Å². The van der Waals surface area contributed by atoms with E-state index in [0.717, 1.165) is 12.4 Å². The first-order valence-electron chi connectivity index (χ1n) is 4.51. The Morgan fingerprint density at radius 2 is 2.00 bits per heavy atom. The molecule has 0 aliphatic carbocycles. The highest BCUT2D eigenvalue weighted by Gasteiger charge is 2.08. The van der Waals surface area contributed by atoms with E-state index in [1.807, 2.05) is 0 Å². The van der Waals surface area contributed by atoms with Crippen molar-refractivity contribution in [1.82, 2.24) is 5.32 Å². The molecule has 0 radical (unpaired) electrons. The third kappa shape index (κ3) is 5.51. The van der Waals surface area contributed by atoms with Crippen LogP contribution < -0.4 is 5.32 Å². The average molecular weight is 178 g/mol. The van der Waals surface area contributed by atoms with Crippen LogP contribution in [0.2, 0.25) is 0 Å². The molecule has 0 spiro atoms. The molecule has 0 aromatic carbocycles. The summed E-state index contributed by atoms with van der Waals surface area (Å²) in [5.74, 6) is 1.33. The molecule has 0 bridgehead atoms. The van der Waals surface area contributed by atoms with Crippen LogP contribution >= 0.6 is 11.6 Å². The predicted molar refractivity (Wildman–Crippen MR) is 52.3 cm³/mol. The van der Waals surface area contributed by atoms with Crippen LogP contribution in [-0.4, -0.2) is 18.5 Å². The van der Waals surface area contributed by atoms with Crippen molar-refractivity contribution in [3.8, 4) is 0 Å². The Bertz CT molecular complexity index is 85.6. The second-order valence-electron chi connectivity index (χ2n) is 3.23. The van der Waals surface area contributed by atoms with Crippen molar-refractivity contribution in [2.24, 2.45) is 5.92 Å². The van der Waals surface area contributed by atoms with Crippen molar-refractivity contribution in [3.63, 3.8) is 0 Å². The Kier molecular flexibility index (Phi) is 7.09. The lowest BCUT2D eigenvalue weighted by Gasteiger charge is -2.18. The molecule has 68 valence electrons. The fraction of sp³-hybridized carbons (Fsp3) is 1.00. The van der Waals surface area contributed by atoms with Gasteiger partial charge in [0.1, 0.15) is 0 Å². The molecule has 2 atom stereocenters. The largest absolute Gasteiger partial charge is 0.314 e. The number of hydrogen-bond donors (Lipinski definition) is 1. The van der Waals surface area contributed by atoms with Crippen LogP contribution in [0.25, 0.3) is 0 Å². The molecule has 0 amide bonds. The van der Waals surface area contributed by atoms with Gasteiger partial charge in [-0.25, -0.2) is 0 Å². The molecule has 11 heavy (non-hydrogen) atoms. The van der Waals surface area contributed by atoms with E-state index in [0.29, 0.717) is 12.0 Å². The van der Waals surface area contributed by atoms with Gasteiger partial charge in [0, 0.05) is 11.9 Å². The van der Waals surface area contributed by atoms with Crippen LogP contribution in [0, 0.1) is 5.92 Å². The quantitative estimate of drug-likeness (QED) is 0.486. The standard InChI is InChI=1S/C9H20ClN/c1-4-5-6-11-9(3)8(2)7-10/h8-9,11H,4-7H2,1-3H3. The van der Waals surface area contributed by atoms with Gasteiger partial charge < -0.3 is 5.32 Å². The number of rotatable bonds is 6. The van der Waals surface area contributed by atoms with Crippen molar-refractivity contribution in [2.75, 3.05) is 12.4 Å². The minimum absolute atomic E-state index is 0.555. The molecular formula is C9H20ClN. The highest BCUT2D eigenvalue weighted by Crippen LogP contribution is 2.04. The van der Waals surface area contributed by atoms with Crippen molar-refractivity contribution in [1.29, 1.82) is 0 Å². The lowest BCUT2D eigenvalue weighted by Crippen LogP contribution is -2.33. The number of halogens is 1. The molecule has 0 rings (SSSR count). The second-order valence-corrected chi connectivity index (χ2v) is 3.54. The molecule has 2 heteroatoms. The van der Waals surface area contributed by atoms with E-state index in [2.05, 4.69) is 26.1 Å². The van der Waals surface area contributed by atoms with Gasteiger partial charge in [0.15, 0.2) is 0 Å². The summed E-state index contributed by atoms with van der Waals surface area (Å²) in [6.07, 6.45) is 2.52. The number of unbranched alkanes of at least 4 members (excludes halogenated alkanes) is 1. The smallest absolute Gasteiger partial charge is 0.0263 e. The molecular weight excluding hydrogens is 158 g/mol. The maximum absolute atomic E-state index is 5.72. The maximum atomic E-state index is 5.72. The van der Waals surface area contributed by atoms with Gasteiger partial charge in [-0.2, -0.15) is 0 Å². The van der Waals surface area contributed by atoms with E-state index in [4.69, 9.17) is 11.6 Å². The lowest BCUT2D eigenvalue weighted by molar-refractivity contribution is 0.427. The van der Waals surface area contributed by atoms with Crippen LogP contribution in [0.15, 0.2) is 0 Å². The SMILES string of the molecule is CCCCNC(C)C(C)CCl. The van der Waals surface area contributed by atoms with Gasteiger partial charge in [-0.05, 0) is 25.8 Å². The van der Waals surface area contributed by atoms with E-state index in [-0.39, 0.29) is 0 Å². The molecule has 0 aliphatic heterocycles. The summed E-state index contributed by atoms with van der Waals surface area (Å²) in [6, 6.07) is 0.555. The Morgan fingerprint density at radius 3 is 2.45 bits per heavy atom. The molecule has 0 fully saturated rings. The molecule has 1 nitrogen and oxygen atoms in total. The van der Waals surface area contributed by atoms with Crippen LogP contribution in [0.5, 0.6) is 0 Å². The Hall–Kier alpha value is 0.250. The van der Waals surface area contributed by atoms with Gasteiger partial charge in [-0.3, -0.25) is 0 Å². The third-order valence-corrected chi connectivity index (χ3v) is 2.58. The molecule has 0 saturated heterocycles. The minimum Gasteiger partial charge on any atom is -0.314 e. The van der Waals surface area contributed by atoms with Crippen molar-refractivity contribution < 1.29 is 0 Å². The molecule has 0 aliphatic rings. The van der Waals surface area contributed by atoms with Crippen LogP contribution in [0.1, 0.15) is 33.6 Å². The lowest BCUT2D eigenvalue weighted by atomic mass is 10.1. The summed E-state index contributed by atoms with van der Waals surface area (Å²) in [5, 5.41) is 3.45. The normalized spacial score (nSPS) is 16.4. The summed E-state index contributed by atoms with van der Waals surface area (Å²) in [5.41, 5.74) is 0. The summed E-state index contributed by atoms with van der Waals surface area (Å²) in [4.78, 5) is 0. The van der Waals surface area contributed by atoms with Gasteiger partial charge in [0.2, 0.25) is 0 Å². The number of nitrogens with one attached hydrogen (secondary N) is 1. The molecule has 0 aromatic heterocycles. The summed E-state index contributed by atoms with van der Waals surface area (Å²) in [6.45, 7) is 7.70. The number of hydrogen-bond acceptors (Lipinski definition) is 1. The zero-order valence-electron chi connectivity index (χ0n) is 7.86. The number of alkyl halides is 1. The van der Waals surface area contributed by atoms with Gasteiger partial charge >= 0.3 is 0 Å². The maximum Gasteiger partial charge on any atom is 0.0263 e. The van der Waals surface area contributed by atoms with Crippen LogP contribution in [0.4, 0.5) is 0 Å². The van der Waals surface area contributed by atoms with E-state index in [1.165, 1.54) is 12.8 Å². The predicted octanol–water partition coefficient (Wildman–Crippen LogP) is 2.64. The zero-order chi connectivity index (χ0) is 8.69. The minimum atomic E-state index is 0.555. The molecule has 0 saturated carbocycles. The zero-order valence-corrected chi connectivity index (χ0v) is 8.62. The summed E-state index contributed by atoms with van der Waals surface area (Å²) in [7, 11) is 0. The highest BCUT2D eigenvalue weighted by atomic mass is 35.5. The first-order valence-corrected chi connectivity index (χ1v) is 5.05. The van der Waals surface area contributed by atoms with E-state index >= 15 is 0 Å². The fourth-order valence-corrected chi connectivity index (χ4v) is 1.11. The van der Waals surface area contributed by atoms with Gasteiger partial charge in [0.25, 0.3) is 0 Å². The van der Waals surface area contributed by atoms with Crippen molar-refractivity contribution in [3.05, 3.63) is 0 Å². The topological polar surface area (TPSA) is 12.0 Å². The third-order valence-electron chi connectivity index (χ3n) is 2.09. The van der Waals surface area contributed by atoms with Gasteiger partial charge in [-0.1, -0.05) is 20.3 Å². The fourth-order valence-electron chi connectivity index (χ4n) is 0.841. The monoisotopic (exact) mass is 177 g/mol. The van der Waals surface area contributed by atoms with Gasteiger partial charge in [-0.15, -0.1) is 11.6 Å². The van der Waals surface area contributed by atoms with E-state index in [9.17, 15) is 0 Å². The molecule has 1 N–H and O–H groups in total. The van der Waals surface area contributed by atoms with E-state index in [1.54, 1.807) is 0 Å². The molecule has 2 unspecified atom stereocenters. The Balaban J connectivity index is 3.28. The Morgan fingerprint density at radius 1 is 1.36 bits per heavy atom. The van der Waals surface area contributed by atoms with Crippen LogP contribution in [0.3, 0.4) is 0 Å². The van der Waals surface area contributed by atoms with E-state index < -0.39 is 0 Å². The summed E-state index contributed by atoms with van der Waals surface area (Å²) < 4.78 is 0. The highest BCUT2D eigenvalue weighted by molar-refractivity contribution is 6.18. The first kappa shape index (κ1) is 11.2. The second kappa shape index (κ2) is 6.93. The Labute approximate surface area is 75.5 Å². The molecule has 0 aromatic rings. The summed E-state index contributed by atoms with van der Waals surface area (Å²) >= 11 is 5.72. The van der Waals surface area contributed by atoms with Crippen molar-refractivity contribution >= 4 is 11.6 Å². The average Bonchev–Trinajstić information content (AvgIpc) is 2.03. The van der Waals surface area contributed by atoms with Gasteiger partial charge in [0.05, 0.1) is 0 Å². The molecule has 0 heterocycles. The van der Waals surface area contributed by atoms with Crippen LogP contribution in [-0.2, 0) is 0 Å².